The lowest BCUT2D eigenvalue weighted by atomic mass is 10.2. The summed E-state index contributed by atoms with van der Waals surface area (Å²) in [7, 11) is 0. The molecule has 5 heteroatoms. The van der Waals surface area contributed by atoms with Gasteiger partial charge in [-0.1, -0.05) is 24.6 Å². The SMILES string of the molecule is CCNC(=O)CN(CC)Cc1cccnc1Cl. The number of nitrogens with one attached hydrogen (secondary N) is 1. The van der Waals surface area contributed by atoms with Crippen molar-refractivity contribution in [3.63, 3.8) is 0 Å². The van der Waals surface area contributed by atoms with Crippen LogP contribution >= 0.6 is 11.6 Å². The van der Waals surface area contributed by atoms with Gasteiger partial charge in [-0.25, -0.2) is 4.98 Å². The summed E-state index contributed by atoms with van der Waals surface area (Å²) in [4.78, 5) is 17.5. The minimum atomic E-state index is 0.0364. The maximum Gasteiger partial charge on any atom is 0.234 e. The molecule has 0 aromatic carbocycles. The van der Waals surface area contributed by atoms with Crippen LogP contribution in [0.4, 0.5) is 0 Å². The Kier molecular flexibility index (Phi) is 5.94. The van der Waals surface area contributed by atoms with E-state index < -0.39 is 0 Å². The van der Waals surface area contributed by atoms with Crippen LogP contribution in [0.15, 0.2) is 18.3 Å². The zero-order chi connectivity index (χ0) is 12.7. The predicted molar refractivity (Wildman–Crippen MR) is 68.9 cm³/mol. The Labute approximate surface area is 107 Å². The van der Waals surface area contributed by atoms with E-state index in [-0.39, 0.29) is 5.91 Å². The van der Waals surface area contributed by atoms with Crippen molar-refractivity contribution in [1.82, 2.24) is 15.2 Å². The van der Waals surface area contributed by atoms with Gasteiger partial charge in [0, 0.05) is 24.8 Å². The Hall–Kier alpha value is -1.13. The highest BCUT2D eigenvalue weighted by Gasteiger charge is 2.10. The lowest BCUT2D eigenvalue weighted by Gasteiger charge is -2.19. The normalized spacial score (nSPS) is 10.6. The third kappa shape index (κ3) is 4.71. The highest BCUT2D eigenvalue weighted by Crippen LogP contribution is 2.13. The molecule has 1 aromatic rings. The Bertz CT molecular complexity index is 371. The molecule has 1 heterocycles. The number of carbonyl (C=O) groups is 1. The third-order valence-corrected chi connectivity index (χ3v) is 2.76. The van der Waals surface area contributed by atoms with E-state index >= 15 is 0 Å². The number of nitrogens with zero attached hydrogens (tertiary/aromatic N) is 2. The number of aromatic nitrogens is 1. The lowest BCUT2D eigenvalue weighted by Crippen LogP contribution is -2.36. The summed E-state index contributed by atoms with van der Waals surface area (Å²) in [6, 6.07) is 3.77. The second-order valence-corrected chi connectivity index (χ2v) is 4.07. The number of rotatable bonds is 6. The molecule has 0 aliphatic rings. The maximum absolute atomic E-state index is 11.5. The minimum absolute atomic E-state index is 0.0364. The number of hydrogen-bond donors (Lipinski definition) is 1. The van der Waals surface area contributed by atoms with Gasteiger partial charge in [-0.05, 0) is 19.5 Å². The summed E-state index contributed by atoms with van der Waals surface area (Å²) in [5, 5.41) is 3.28. The second kappa shape index (κ2) is 7.25. The number of carbonyl (C=O) groups excluding carboxylic acids is 1. The Morgan fingerprint density at radius 1 is 1.53 bits per heavy atom. The third-order valence-electron chi connectivity index (χ3n) is 2.42. The molecule has 0 unspecified atom stereocenters. The first-order chi connectivity index (χ1) is 8.17. The van der Waals surface area contributed by atoms with E-state index in [2.05, 4.69) is 10.3 Å². The number of hydrogen-bond acceptors (Lipinski definition) is 3. The van der Waals surface area contributed by atoms with Crippen molar-refractivity contribution >= 4 is 17.5 Å². The van der Waals surface area contributed by atoms with E-state index in [1.54, 1.807) is 6.20 Å². The molecule has 17 heavy (non-hydrogen) atoms. The van der Waals surface area contributed by atoms with Crippen LogP contribution in [-0.2, 0) is 11.3 Å². The van der Waals surface area contributed by atoms with E-state index in [0.717, 1.165) is 12.1 Å². The fourth-order valence-corrected chi connectivity index (χ4v) is 1.69. The highest BCUT2D eigenvalue weighted by atomic mass is 35.5. The van der Waals surface area contributed by atoms with Crippen LogP contribution in [0.3, 0.4) is 0 Å². The number of likely N-dealkylation sites (N-methyl/N-ethyl adjacent to an activating group) is 2. The highest BCUT2D eigenvalue weighted by molar-refractivity contribution is 6.30. The van der Waals surface area contributed by atoms with Crippen molar-refractivity contribution in [2.45, 2.75) is 20.4 Å². The van der Waals surface area contributed by atoms with Crippen LogP contribution in [0.1, 0.15) is 19.4 Å². The van der Waals surface area contributed by atoms with Crippen LogP contribution in [0.2, 0.25) is 5.15 Å². The van der Waals surface area contributed by atoms with Crippen molar-refractivity contribution in [3.05, 3.63) is 29.0 Å². The van der Waals surface area contributed by atoms with Crippen molar-refractivity contribution in [2.75, 3.05) is 19.6 Å². The van der Waals surface area contributed by atoms with Gasteiger partial charge in [0.2, 0.25) is 5.91 Å². The Morgan fingerprint density at radius 3 is 2.88 bits per heavy atom. The van der Waals surface area contributed by atoms with Crippen molar-refractivity contribution in [1.29, 1.82) is 0 Å². The monoisotopic (exact) mass is 255 g/mol. The summed E-state index contributed by atoms with van der Waals surface area (Å²) in [6.07, 6.45) is 1.66. The molecule has 1 N–H and O–H groups in total. The van der Waals surface area contributed by atoms with Crippen LogP contribution in [0.5, 0.6) is 0 Å². The molecular weight excluding hydrogens is 238 g/mol. The molecule has 0 aliphatic carbocycles. The Morgan fingerprint density at radius 2 is 2.29 bits per heavy atom. The maximum atomic E-state index is 11.5. The molecule has 4 nitrogen and oxygen atoms in total. The van der Waals surface area contributed by atoms with Gasteiger partial charge in [-0.15, -0.1) is 0 Å². The lowest BCUT2D eigenvalue weighted by molar-refractivity contribution is -0.122. The topological polar surface area (TPSA) is 45.2 Å². The van der Waals surface area contributed by atoms with Gasteiger partial charge >= 0.3 is 0 Å². The van der Waals surface area contributed by atoms with Crippen LogP contribution < -0.4 is 5.32 Å². The number of pyridine rings is 1. The zero-order valence-electron chi connectivity index (χ0n) is 10.2. The van der Waals surface area contributed by atoms with Crippen LogP contribution in [-0.4, -0.2) is 35.4 Å². The van der Waals surface area contributed by atoms with E-state index in [1.807, 2.05) is 30.9 Å². The van der Waals surface area contributed by atoms with Gasteiger partial charge in [0.05, 0.1) is 6.54 Å². The fourth-order valence-electron chi connectivity index (χ4n) is 1.51. The molecule has 0 spiro atoms. The zero-order valence-corrected chi connectivity index (χ0v) is 11.0. The fraction of sp³-hybridized carbons (Fsp3) is 0.500. The number of amides is 1. The van der Waals surface area contributed by atoms with Crippen molar-refractivity contribution < 1.29 is 4.79 Å². The first-order valence-corrected chi connectivity index (χ1v) is 6.13. The van der Waals surface area contributed by atoms with E-state index in [4.69, 9.17) is 11.6 Å². The first kappa shape index (κ1) is 13.9. The predicted octanol–water partition coefficient (Wildman–Crippen LogP) is 1.69. The average molecular weight is 256 g/mol. The summed E-state index contributed by atoms with van der Waals surface area (Å²) in [5.74, 6) is 0.0364. The quantitative estimate of drug-likeness (QED) is 0.787. The summed E-state index contributed by atoms with van der Waals surface area (Å²) >= 11 is 5.98. The molecule has 0 bridgehead atoms. The van der Waals surface area contributed by atoms with Gasteiger partial charge in [0.1, 0.15) is 5.15 Å². The molecular formula is C12H18ClN3O. The first-order valence-electron chi connectivity index (χ1n) is 5.75. The van der Waals surface area contributed by atoms with Crippen molar-refractivity contribution in [3.8, 4) is 0 Å². The van der Waals surface area contributed by atoms with E-state index in [9.17, 15) is 4.79 Å². The molecule has 94 valence electrons. The molecule has 0 saturated heterocycles. The molecule has 0 atom stereocenters. The largest absolute Gasteiger partial charge is 0.355 e. The Balaban J connectivity index is 2.58. The van der Waals surface area contributed by atoms with Crippen LogP contribution in [0, 0.1) is 0 Å². The molecule has 1 rings (SSSR count). The summed E-state index contributed by atoms with van der Waals surface area (Å²) < 4.78 is 0. The molecule has 1 aromatic heterocycles. The summed E-state index contributed by atoms with van der Waals surface area (Å²) in [6.45, 7) is 6.40. The molecule has 0 aliphatic heterocycles. The molecule has 0 fully saturated rings. The standard InChI is InChI=1S/C12H18ClN3O/c1-3-14-11(17)9-16(4-2)8-10-6-5-7-15-12(10)13/h5-7H,3-4,8-9H2,1-2H3,(H,14,17). The van der Waals surface area contributed by atoms with E-state index in [0.29, 0.717) is 24.8 Å². The smallest absolute Gasteiger partial charge is 0.234 e. The van der Waals surface area contributed by atoms with E-state index in [1.165, 1.54) is 0 Å². The minimum Gasteiger partial charge on any atom is -0.355 e. The van der Waals surface area contributed by atoms with Gasteiger partial charge in [-0.3, -0.25) is 9.69 Å². The van der Waals surface area contributed by atoms with Crippen molar-refractivity contribution in [2.24, 2.45) is 0 Å². The second-order valence-electron chi connectivity index (χ2n) is 3.71. The van der Waals surface area contributed by atoms with Crippen LogP contribution in [0.25, 0.3) is 0 Å². The van der Waals surface area contributed by atoms with Gasteiger partial charge < -0.3 is 5.32 Å². The molecule has 1 amide bonds. The summed E-state index contributed by atoms with van der Waals surface area (Å²) in [5.41, 5.74) is 0.945. The average Bonchev–Trinajstić information content (AvgIpc) is 2.31. The molecule has 0 radical (unpaired) electrons. The van der Waals surface area contributed by atoms with Gasteiger partial charge in [0.25, 0.3) is 0 Å². The number of halogens is 1. The van der Waals surface area contributed by atoms with Gasteiger partial charge in [0.15, 0.2) is 0 Å². The molecule has 0 saturated carbocycles. The van der Waals surface area contributed by atoms with Gasteiger partial charge in [-0.2, -0.15) is 0 Å².